The predicted molar refractivity (Wildman–Crippen MR) is 95.2 cm³/mol. The monoisotopic (exact) mass is 364 g/mol. The summed E-state index contributed by atoms with van der Waals surface area (Å²) in [4.78, 5) is 16.4. The van der Waals surface area contributed by atoms with Crippen molar-refractivity contribution in [3.63, 3.8) is 0 Å². The van der Waals surface area contributed by atoms with Crippen molar-refractivity contribution in [2.45, 2.75) is 25.3 Å². The molecule has 1 heterocycles. The van der Waals surface area contributed by atoms with Crippen molar-refractivity contribution in [1.82, 2.24) is 9.71 Å². The number of nitro groups is 1. The van der Waals surface area contributed by atoms with Crippen molar-refractivity contribution in [2.24, 2.45) is 0 Å². The van der Waals surface area contributed by atoms with Crippen LogP contribution in [0.15, 0.2) is 35.4 Å². The van der Waals surface area contributed by atoms with Crippen LogP contribution >= 0.6 is 0 Å². The van der Waals surface area contributed by atoms with E-state index >= 15 is 0 Å². The maximum Gasteiger partial charge on any atom is 0.271 e. The Morgan fingerprint density at radius 2 is 1.92 bits per heavy atom. The van der Waals surface area contributed by atoms with Crippen LogP contribution in [0.25, 0.3) is 0 Å². The van der Waals surface area contributed by atoms with Gasteiger partial charge in [-0.2, -0.15) is 0 Å². The molecule has 1 N–H and O–H groups in total. The largest absolute Gasteiger partial charge is 0.363 e. The number of pyridine rings is 1. The topological polar surface area (TPSA) is 105 Å². The van der Waals surface area contributed by atoms with Gasteiger partial charge < -0.3 is 4.90 Å². The maximum absolute atomic E-state index is 12.6. The Morgan fingerprint density at radius 1 is 1.24 bits per heavy atom. The smallest absolute Gasteiger partial charge is 0.271 e. The van der Waals surface area contributed by atoms with Gasteiger partial charge in [-0.25, -0.2) is 18.1 Å². The fraction of sp³-hybridized carbons (Fsp3) is 0.312. The molecule has 1 aromatic carbocycles. The number of hydrogen-bond acceptors (Lipinski definition) is 6. The van der Waals surface area contributed by atoms with E-state index in [9.17, 15) is 18.5 Å². The zero-order valence-electron chi connectivity index (χ0n) is 14.5. The lowest BCUT2D eigenvalue weighted by Gasteiger charge is -2.13. The summed E-state index contributed by atoms with van der Waals surface area (Å²) in [5.74, 6) is 0.761. The van der Waals surface area contributed by atoms with E-state index in [4.69, 9.17) is 0 Å². The van der Waals surface area contributed by atoms with Crippen molar-refractivity contribution < 1.29 is 13.3 Å². The summed E-state index contributed by atoms with van der Waals surface area (Å²) < 4.78 is 27.6. The van der Waals surface area contributed by atoms with Crippen LogP contribution in [-0.2, 0) is 16.6 Å². The Balaban J connectivity index is 2.26. The molecule has 0 saturated carbocycles. The zero-order chi connectivity index (χ0) is 18.8. The number of benzene rings is 1. The molecule has 0 aliphatic carbocycles. The first-order valence-electron chi connectivity index (χ1n) is 7.49. The summed E-state index contributed by atoms with van der Waals surface area (Å²) in [5.41, 5.74) is 1.47. The van der Waals surface area contributed by atoms with Gasteiger partial charge in [0, 0.05) is 39.0 Å². The molecule has 0 fully saturated rings. The maximum atomic E-state index is 12.6. The van der Waals surface area contributed by atoms with Crippen molar-refractivity contribution >= 4 is 21.5 Å². The minimum Gasteiger partial charge on any atom is -0.363 e. The molecule has 134 valence electrons. The zero-order valence-corrected chi connectivity index (χ0v) is 15.3. The Kier molecular flexibility index (Phi) is 5.39. The SMILES string of the molecule is Cc1cc([N+](=O)[O-])cc(S(=O)(=O)NCc2ccc(N(C)C)nc2)c1C. The average Bonchev–Trinajstić information content (AvgIpc) is 2.55. The number of nitrogens with one attached hydrogen (secondary N) is 1. The Labute approximate surface area is 146 Å². The van der Waals surface area contributed by atoms with Gasteiger partial charge in [0.05, 0.1) is 9.82 Å². The van der Waals surface area contributed by atoms with Crippen molar-refractivity contribution in [3.05, 3.63) is 57.3 Å². The highest BCUT2D eigenvalue weighted by atomic mass is 32.2. The van der Waals surface area contributed by atoms with Gasteiger partial charge in [0.1, 0.15) is 5.82 Å². The van der Waals surface area contributed by atoms with E-state index in [0.717, 1.165) is 11.9 Å². The van der Waals surface area contributed by atoms with Crippen molar-refractivity contribution in [3.8, 4) is 0 Å². The second kappa shape index (κ2) is 7.16. The van der Waals surface area contributed by atoms with Gasteiger partial charge in [-0.15, -0.1) is 0 Å². The minimum atomic E-state index is -3.89. The van der Waals surface area contributed by atoms with Gasteiger partial charge in [-0.3, -0.25) is 10.1 Å². The quantitative estimate of drug-likeness (QED) is 0.622. The fourth-order valence-corrected chi connectivity index (χ4v) is 3.59. The van der Waals surface area contributed by atoms with E-state index in [1.807, 2.05) is 19.0 Å². The molecule has 2 rings (SSSR count). The summed E-state index contributed by atoms with van der Waals surface area (Å²) in [7, 11) is -0.168. The Hall–Kier alpha value is -2.52. The van der Waals surface area contributed by atoms with E-state index in [1.165, 1.54) is 6.07 Å². The van der Waals surface area contributed by atoms with Gasteiger partial charge in [0.25, 0.3) is 5.69 Å². The number of hydrogen-bond donors (Lipinski definition) is 1. The van der Waals surface area contributed by atoms with Crippen LogP contribution in [-0.4, -0.2) is 32.4 Å². The van der Waals surface area contributed by atoms with E-state index in [-0.39, 0.29) is 17.1 Å². The van der Waals surface area contributed by atoms with E-state index in [2.05, 4.69) is 9.71 Å². The summed E-state index contributed by atoms with van der Waals surface area (Å²) in [6.07, 6.45) is 1.59. The third-order valence-corrected chi connectivity index (χ3v) is 5.37. The molecular weight excluding hydrogens is 344 g/mol. The molecule has 25 heavy (non-hydrogen) atoms. The summed E-state index contributed by atoms with van der Waals surface area (Å²) in [6, 6.07) is 6.00. The molecule has 2 aromatic rings. The van der Waals surface area contributed by atoms with Gasteiger partial charge in [0.2, 0.25) is 10.0 Å². The number of anilines is 1. The third-order valence-electron chi connectivity index (χ3n) is 3.84. The highest BCUT2D eigenvalue weighted by Gasteiger charge is 2.22. The lowest BCUT2D eigenvalue weighted by molar-refractivity contribution is -0.385. The first-order chi connectivity index (χ1) is 11.6. The molecule has 0 bridgehead atoms. The molecule has 9 heteroatoms. The second-order valence-electron chi connectivity index (χ2n) is 5.89. The van der Waals surface area contributed by atoms with Crippen LogP contribution in [0.1, 0.15) is 16.7 Å². The standard InChI is InChI=1S/C16H20N4O4S/c1-11-7-14(20(21)22)8-15(12(11)2)25(23,24)18-10-13-5-6-16(17-9-13)19(3)4/h5-9,18H,10H2,1-4H3. The predicted octanol–water partition coefficient (Wildman–Crippen LogP) is 2.15. The number of non-ortho nitro benzene ring substituents is 1. The lowest BCUT2D eigenvalue weighted by Crippen LogP contribution is -2.24. The van der Waals surface area contributed by atoms with E-state index in [1.54, 1.807) is 32.2 Å². The van der Waals surface area contributed by atoms with Crippen LogP contribution in [0.4, 0.5) is 11.5 Å². The molecular formula is C16H20N4O4S. The van der Waals surface area contributed by atoms with Crippen LogP contribution in [0, 0.1) is 24.0 Å². The molecule has 0 amide bonds. The lowest BCUT2D eigenvalue weighted by atomic mass is 10.1. The van der Waals surface area contributed by atoms with Crippen LogP contribution in [0.5, 0.6) is 0 Å². The van der Waals surface area contributed by atoms with Crippen LogP contribution in [0.3, 0.4) is 0 Å². The summed E-state index contributed by atoms with van der Waals surface area (Å²) in [5, 5.41) is 11.0. The molecule has 0 unspecified atom stereocenters. The third kappa shape index (κ3) is 4.31. The van der Waals surface area contributed by atoms with Gasteiger partial charge in [-0.05, 0) is 36.6 Å². The molecule has 0 aliphatic rings. The summed E-state index contributed by atoms with van der Waals surface area (Å²) in [6.45, 7) is 3.32. The molecule has 8 nitrogen and oxygen atoms in total. The molecule has 1 aromatic heterocycles. The van der Waals surface area contributed by atoms with E-state index in [0.29, 0.717) is 16.7 Å². The first kappa shape index (κ1) is 18.8. The first-order valence-corrected chi connectivity index (χ1v) is 8.97. The normalized spacial score (nSPS) is 11.4. The number of rotatable bonds is 6. The Bertz CT molecular complexity index is 893. The minimum absolute atomic E-state index is 0.0459. The van der Waals surface area contributed by atoms with Gasteiger partial charge in [-0.1, -0.05) is 6.07 Å². The fourth-order valence-electron chi connectivity index (χ4n) is 2.24. The highest BCUT2D eigenvalue weighted by molar-refractivity contribution is 7.89. The molecule has 0 spiro atoms. The number of aromatic nitrogens is 1. The number of nitro benzene ring substituents is 1. The second-order valence-corrected chi connectivity index (χ2v) is 7.62. The molecule has 0 radical (unpaired) electrons. The highest BCUT2D eigenvalue weighted by Crippen LogP contribution is 2.25. The molecule has 0 aliphatic heterocycles. The van der Waals surface area contributed by atoms with Crippen molar-refractivity contribution in [1.29, 1.82) is 0 Å². The summed E-state index contributed by atoms with van der Waals surface area (Å²) >= 11 is 0. The van der Waals surface area contributed by atoms with E-state index < -0.39 is 14.9 Å². The van der Waals surface area contributed by atoms with Crippen LogP contribution < -0.4 is 9.62 Å². The van der Waals surface area contributed by atoms with Gasteiger partial charge in [0.15, 0.2) is 0 Å². The van der Waals surface area contributed by atoms with Gasteiger partial charge >= 0.3 is 0 Å². The number of sulfonamides is 1. The van der Waals surface area contributed by atoms with Crippen molar-refractivity contribution in [2.75, 3.05) is 19.0 Å². The Morgan fingerprint density at radius 3 is 2.44 bits per heavy atom. The number of nitrogens with zero attached hydrogens (tertiary/aromatic N) is 3. The number of aryl methyl sites for hydroxylation is 1. The molecule has 0 saturated heterocycles. The molecule has 0 atom stereocenters. The van der Waals surface area contributed by atoms with Crippen LogP contribution in [0.2, 0.25) is 0 Å². The average molecular weight is 364 g/mol.